The van der Waals surface area contributed by atoms with Crippen LogP contribution in [-0.2, 0) is 9.47 Å². The molecule has 0 aromatic carbocycles. The van der Waals surface area contributed by atoms with Crippen LogP contribution in [0.15, 0.2) is 0 Å². The van der Waals surface area contributed by atoms with E-state index in [9.17, 15) is 0 Å². The van der Waals surface area contributed by atoms with Gasteiger partial charge in [-0.2, -0.15) is 0 Å². The van der Waals surface area contributed by atoms with E-state index in [1.165, 1.54) is 0 Å². The SMILES string of the molecule is CC(C)(O)OCC[C@H]1CO1. The molecule has 0 saturated carbocycles. The monoisotopic (exact) mass is 146 g/mol. The van der Waals surface area contributed by atoms with Crippen molar-refractivity contribution >= 4 is 0 Å². The van der Waals surface area contributed by atoms with Crippen LogP contribution in [0.4, 0.5) is 0 Å². The van der Waals surface area contributed by atoms with Crippen LogP contribution in [0, 0.1) is 0 Å². The van der Waals surface area contributed by atoms with E-state index in [4.69, 9.17) is 14.6 Å². The van der Waals surface area contributed by atoms with Gasteiger partial charge in [-0.15, -0.1) is 0 Å². The number of hydrogen-bond acceptors (Lipinski definition) is 3. The molecule has 0 aromatic rings. The number of hydrogen-bond donors (Lipinski definition) is 1. The van der Waals surface area contributed by atoms with E-state index in [1.807, 2.05) is 0 Å². The summed E-state index contributed by atoms with van der Waals surface area (Å²) in [7, 11) is 0. The third-order valence-corrected chi connectivity index (χ3v) is 1.30. The summed E-state index contributed by atoms with van der Waals surface area (Å²) >= 11 is 0. The number of ether oxygens (including phenoxy) is 2. The number of aliphatic hydroxyl groups is 1. The van der Waals surface area contributed by atoms with E-state index in [0.717, 1.165) is 13.0 Å². The van der Waals surface area contributed by atoms with Crippen LogP contribution in [0.25, 0.3) is 0 Å². The Balaban J connectivity index is 1.93. The lowest BCUT2D eigenvalue weighted by Gasteiger charge is -2.17. The normalized spacial score (nSPS) is 24.9. The Labute approximate surface area is 60.9 Å². The van der Waals surface area contributed by atoms with Gasteiger partial charge in [0, 0.05) is 0 Å². The second-order valence-electron chi connectivity index (χ2n) is 3.04. The molecule has 0 amide bonds. The summed E-state index contributed by atoms with van der Waals surface area (Å²) in [6.07, 6.45) is 1.28. The maximum atomic E-state index is 9.09. The van der Waals surface area contributed by atoms with Gasteiger partial charge in [-0.3, -0.25) is 0 Å². The zero-order chi connectivity index (χ0) is 7.61. The van der Waals surface area contributed by atoms with E-state index in [2.05, 4.69) is 0 Å². The van der Waals surface area contributed by atoms with Gasteiger partial charge in [0.25, 0.3) is 0 Å². The molecule has 10 heavy (non-hydrogen) atoms. The first-order valence-electron chi connectivity index (χ1n) is 3.56. The van der Waals surface area contributed by atoms with E-state index >= 15 is 0 Å². The van der Waals surface area contributed by atoms with Crippen molar-refractivity contribution in [1.29, 1.82) is 0 Å². The topological polar surface area (TPSA) is 42.0 Å². The van der Waals surface area contributed by atoms with Crippen molar-refractivity contribution < 1.29 is 14.6 Å². The summed E-state index contributed by atoms with van der Waals surface area (Å²) in [5, 5.41) is 9.09. The molecule has 1 heterocycles. The van der Waals surface area contributed by atoms with Gasteiger partial charge in [0.1, 0.15) is 0 Å². The summed E-state index contributed by atoms with van der Waals surface area (Å²) < 4.78 is 10.0. The van der Waals surface area contributed by atoms with Gasteiger partial charge in [-0.25, -0.2) is 0 Å². The van der Waals surface area contributed by atoms with Crippen molar-refractivity contribution in [3.63, 3.8) is 0 Å². The van der Waals surface area contributed by atoms with Gasteiger partial charge in [-0.05, 0) is 20.3 Å². The molecule has 60 valence electrons. The molecular weight excluding hydrogens is 132 g/mol. The Morgan fingerprint density at radius 2 is 2.30 bits per heavy atom. The maximum absolute atomic E-state index is 9.09. The van der Waals surface area contributed by atoms with Crippen molar-refractivity contribution in [2.24, 2.45) is 0 Å². The Bertz CT molecular complexity index is 102. The fourth-order valence-electron chi connectivity index (χ4n) is 0.675. The highest BCUT2D eigenvalue weighted by molar-refractivity contribution is 4.68. The molecule has 0 aromatic heterocycles. The van der Waals surface area contributed by atoms with Crippen molar-refractivity contribution in [2.75, 3.05) is 13.2 Å². The molecule has 1 fully saturated rings. The van der Waals surface area contributed by atoms with Crippen LogP contribution >= 0.6 is 0 Å². The van der Waals surface area contributed by atoms with Crippen LogP contribution in [-0.4, -0.2) is 30.2 Å². The minimum absolute atomic E-state index is 0.391. The molecule has 0 radical (unpaired) electrons. The molecular formula is C7H14O3. The fourth-order valence-corrected chi connectivity index (χ4v) is 0.675. The molecule has 0 spiro atoms. The van der Waals surface area contributed by atoms with Crippen LogP contribution in [0.5, 0.6) is 0 Å². The summed E-state index contributed by atoms with van der Waals surface area (Å²) in [6, 6.07) is 0. The molecule has 1 atom stereocenters. The molecule has 1 saturated heterocycles. The van der Waals surface area contributed by atoms with E-state index in [0.29, 0.717) is 12.7 Å². The molecule has 1 rings (SSSR count). The molecule has 1 N–H and O–H groups in total. The highest BCUT2D eigenvalue weighted by Crippen LogP contribution is 2.14. The minimum atomic E-state index is -0.991. The number of epoxide rings is 1. The Morgan fingerprint density at radius 1 is 1.70 bits per heavy atom. The lowest BCUT2D eigenvalue weighted by atomic mass is 10.3. The minimum Gasteiger partial charge on any atom is -0.373 e. The molecule has 0 aliphatic carbocycles. The van der Waals surface area contributed by atoms with Gasteiger partial charge >= 0.3 is 0 Å². The van der Waals surface area contributed by atoms with Gasteiger partial charge in [0.05, 0.1) is 19.3 Å². The van der Waals surface area contributed by atoms with Gasteiger partial charge < -0.3 is 14.6 Å². The third kappa shape index (κ3) is 3.82. The average molecular weight is 146 g/mol. The highest BCUT2D eigenvalue weighted by Gasteiger charge is 2.23. The first-order chi connectivity index (χ1) is 4.58. The number of rotatable bonds is 4. The fraction of sp³-hybridized carbons (Fsp3) is 1.00. The van der Waals surface area contributed by atoms with Crippen LogP contribution in [0.3, 0.4) is 0 Å². The first-order valence-corrected chi connectivity index (χ1v) is 3.56. The molecule has 1 aliphatic heterocycles. The summed E-state index contributed by atoms with van der Waals surface area (Å²) in [6.45, 7) is 4.69. The average Bonchev–Trinajstić information content (AvgIpc) is 2.45. The van der Waals surface area contributed by atoms with Gasteiger partial charge in [0.15, 0.2) is 5.79 Å². The predicted octanol–water partition coefficient (Wildman–Crippen LogP) is 0.520. The summed E-state index contributed by atoms with van der Waals surface area (Å²) in [5.74, 6) is -0.991. The van der Waals surface area contributed by atoms with Crippen LogP contribution in [0.2, 0.25) is 0 Å². The molecule has 0 unspecified atom stereocenters. The van der Waals surface area contributed by atoms with Crippen molar-refractivity contribution in [2.45, 2.75) is 32.2 Å². The molecule has 0 bridgehead atoms. The molecule has 1 aliphatic rings. The summed E-state index contributed by atoms with van der Waals surface area (Å²) in [4.78, 5) is 0. The van der Waals surface area contributed by atoms with Crippen molar-refractivity contribution in [3.8, 4) is 0 Å². The third-order valence-electron chi connectivity index (χ3n) is 1.30. The zero-order valence-electron chi connectivity index (χ0n) is 6.46. The maximum Gasteiger partial charge on any atom is 0.159 e. The van der Waals surface area contributed by atoms with Crippen molar-refractivity contribution in [1.82, 2.24) is 0 Å². The standard InChI is InChI=1S/C7H14O3/c1-7(2,8)10-4-3-6-5-9-6/h6,8H,3-5H2,1-2H3/t6-/m0/s1. The Kier molecular flexibility index (Phi) is 2.28. The molecule has 3 heteroatoms. The lowest BCUT2D eigenvalue weighted by molar-refractivity contribution is -0.176. The Morgan fingerprint density at radius 3 is 2.70 bits per heavy atom. The quantitative estimate of drug-likeness (QED) is 0.464. The lowest BCUT2D eigenvalue weighted by Crippen LogP contribution is -2.24. The van der Waals surface area contributed by atoms with E-state index in [1.54, 1.807) is 13.8 Å². The largest absolute Gasteiger partial charge is 0.373 e. The second kappa shape index (κ2) is 2.86. The van der Waals surface area contributed by atoms with Gasteiger partial charge in [0.2, 0.25) is 0 Å². The van der Waals surface area contributed by atoms with E-state index in [-0.39, 0.29) is 0 Å². The summed E-state index contributed by atoms with van der Waals surface area (Å²) in [5.41, 5.74) is 0. The predicted molar refractivity (Wildman–Crippen MR) is 36.6 cm³/mol. The van der Waals surface area contributed by atoms with Crippen LogP contribution in [0.1, 0.15) is 20.3 Å². The van der Waals surface area contributed by atoms with Crippen LogP contribution < -0.4 is 0 Å². The Hall–Kier alpha value is -0.120. The highest BCUT2D eigenvalue weighted by atomic mass is 16.6. The van der Waals surface area contributed by atoms with Gasteiger partial charge in [-0.1, -0.05) is 0 Å². The molecule has 3 nitrogen and oxygen atoms in total. The van der Waals surface area contributed by atoms with Crippen molar-refractivity contribution in [3.05, 3.63) is 0 Å². The zero-order valence-corrected chi connectivity index (χ0v) is 6.46. The first kappa shape index (κ1) is 7.98. The smallest absolute Gasteiger partial charge is 0.159 e. The second-order valence-corrected chi connectivity index (χ2v) is 3.04. The van der Waals surface area contributed by atoms with E-state index < -0.39 is 5.79 Å².